The molecule has 0 amide bonds. The van der Waals surface area contributed by atoms with E-state index in [4.69, 9.17) is 27.9 Å². The third-order valence-electron chi connectivity index (χ3n) is 2.11. The van der Waals surface area contributed by atoms with E-state index < -0.39 is 10.7 Å². The first-order valence-corrected chi connectivity index (χ1v) is 5.67. The predicted molar refractivity (Wildman–Crippen MR) is 67.4 cm³/mol. The molecule has 1 aromatic carbocycles. The Kier molecular flexibility index (Phi) is 3.82. The predicted octanol–water partition coefficient (Wildman–Crippen LogP) is 4.23. The van der Waals surface area contributed by atoms with Crippen LogP contribution in [0.4, 0.5) is 10.1 Å². The molecule has 1 aromatic heterocycles. The first kappa shape index (κ1) is 13.5. The zero-order valence-electron chi connectivity index (χ0n) is 9.14. The van der Waals surface area contributed by atoms with Crippen molar-refractivity contribution in [1.82, 2.24) is 4.98 Å². The average Bonchev–Trinajstić information content (AvgIpc) is 2.33. The minimum atomic E-state index is -0.663. The van der Waals surface area contributed by atoms with E-state index in [0.717, 1.165) is 12.1 Å². The number of nitrogens with zero attached hydrogens (tertiary/aromatic N) is 2. The molecule has 0 unspecified atom stereocenters. The summed E-state index contributed by atoms with van der Waals surface area (Å²) in [6, 6.07) is 5.96. The summed E-state index contributed by atoms with van der Waals surface area (Å²) in [7, 11) is 0. The van der Waals surface area contributed by atoms with Gasteiger partial charge in [-0.25, -0.2) is 4.39 Å². The number of halogens is 3. The van der Waals surface area contributed by atoms with Crippen LogP contribution in [0.15, 0.2) is 30.3 Å². The van der Waals surface area contributed by atoms with Crippen molar-refractivity contribution in [2.45, 2.75) is 0 Å². The number of ether oxygens (including phenoxy) is 1. The van der Waals surface area contributed by atoms with E-state index in [1.165, 1.54) is 18.2 Å². The molecule has 5 nitrogen and oxygen atoms in total. The number of benzene rings is 1. The zero-order chi connectivity index (χ0) is 14.0. The van der Waals surface area contributed by atoms with Gasteiger partial charge in [-0.3, -0.25) is 10.1 Å². The minimum Gasteiger partial charge on any atom is -0.434 e. The SMILES string of the molecule is O=[N+]([O-])c1ccc(Cl)nc1Oc1ccc(F)c(Cl)c1. The minimum absolute atomic E-state index is 0.0359. The highest BCUT2D eigenvalue weighted by Gasteiger charge is 2.18. The van der Waals surface area contributed by atoms with Gasteiger partial charge in [-0.05, 0) is 18.2 Å². The second-order valence-corrected chi connectivity index (χ2v) is 4.19. The maximum absolute atomic E-state index is 13.0. The molecule has 0 atom stereocenters. The molecule has 0 saturated heterocycles. The van der Waals surface area contributed by atoms with Crippen LogP contribution < -0.4 is 4.74 Å². The summed E-state index contributed by atoms with van der Waals surface area (Å²) in [4.78, 5) is 13.8. The van der Waals surface area contributed by atoms with Crippen molar-refractivity contribution in [3.63, 3.8) is 0 Å². The van der Waals surface area contributed by atoms with Gasteiger partial charge in [-0.15, -0.1) is 0 Å². The van der Waals surface area contributed by atoms with Gasteiger partial charge in [0.05, 0.1) is 9.95 Å². The third-order valence-corrected chi connectivity index (χ3v) is 2.61. The van der Waals surface area contributed by atoms with Crippen molar-refractivity contribution in [1.29, 1.82) is 0 Å². The van der Waals surface area contributed by atoms with Crippen LogP contribution >= 0.6 is 23.2 Å². The van der Waals surface area contributed by atoms with Crippen molar-refractivity contribution in [2.24, 2.45) is 0 Å². The third kappa shape index (κ3) is 3.10. The molecule has 0 saturated carbocycles. The van der Waals surface area contributed by atoms with E-state index in [-0.39, 0.29) is 27.5 Å². The number of pyridine rings is 1. The highest BCUT2D eigenvalue weighted by atomic mass is 35.5. The lowest BCUT2D eigenvalue weighted by molar-refractivity contribution is -0.386. The molecule has 0 aliphatic carbocycles. The summed E-state index contributed by atoms with van der Waals surface area (Å²) in [5.41, 5.74) is -0.357. The lowest BCUT2D eigenvalue weighted by Gasteiger charge is -2.06. The molecule has 2 aromatic rings. The van der Waals surface area contributed by atoms with E-state index >= 15 is 0 Å². The lowest BCUT2D eigenvalue weighted by Crippen LogP contribution is -1.96. The van der Waals surface area contributed by atoms with Crippen LogP contribution in [0.25, 0.3) is 0 Å². The van der Waals surface area contributed by atoms with Gasteiger partial charge in [0.15, 0.2) is 0 Å². The van der Waals surface area contributed by atoms with Gasteiger partial charge in [-0.2, -0.15) is 4.98 Å². The molecule has 0 aliphatic rings. The fraction of sp³-hybridized carbons (Fsp3) is 0. The maximum Gasteiger partial charge on any atom is 0.331 e. The smallest absolute Gasteiger partial charge is 0.331 e. The highest BCUT2D eigenvalue weighted by molar-refractivity contribution is 6.30. The molecule has 2 rings (SSSR count). The maximum atomic E-state index is 13.0. The van der Waals surface area contributed by atoms with Crippen molar-refractivity contribution < 1.29 is 14.1 Å². The van der Waals surface area contributed by atoms with E-state index in [1.807, 2.05) is 0 Å². The topological polar surface area (TPSA) is 65.3 Å². The molecular weight excluding hydrogens is 298 g/mol. The van der Waals surface area contributed by atoms with Crippen LogP contribution in [0.3, 0.4) is 0 Å². The number of rotatable bonds is 3. The Morgan fingerprint density at radius 1 is 1.26 bits per heavy atom. The van der Waals surface area contributed by atoms with Crippen molar-refractivity contribution in [3.05, 3.63) is 56.4 Å². The summed E-state index contributed by atoms with van der Waals surface area (Å²) < 4.78 is 18.2. The Morgan fingerprint density at radius 2 is 2.00 bits per heavy atom. The van der Waals surface area contributed by atoms with Crippen LogP contribution in [0, 0.1) is 15.9 Å². The molecule has 0 fully saturated rings. The summed E-state index contributed by atoms with van der Waals surface area (Å²) in [5, 5.41) is 10.7. The van der Waals surface area contributed by atoms with Crippen LogP contribution in [0.5, 0.6) is 11.6 Å². The van der Waals surface area contributed by atoms with Gasteiger partial charge in [-0.1, -0.05) is 23.2 Å². The Morgan fingerprint density at radius 3 is 2.63 bits per heavy atom. The molecule has 0 aliphatic heterocycles. The van der Waals surface area contributed by atoms with Crippen molar-refractivity contribution in [3.8, 4) is 11.6 Å². The van der Waals surface area contributed by atoms with Crippen molar-refractivity contribution in [2.75, 3.05) is 0 Å². The lowest BCUT2D eigenvalue weighted by atomic mass is 10.3. The quantitative estimate of drug-likeness (QED) is 0.483. The largest absolute Gasteiger partial charge is 0.434 e. The number of hydrogen-bond donors (Lipinski definition) is 0. The molecule has 0 N–H and O–H groups in total. The second kappa shape index (κ2) is 5.38. The molecule has 19 heavy (non-hydrogen) atoms. The van der Waals surface area contributed by atoms with Gasteiger partial charge >= 0.3 is 11.6 Å². The van der Waals surface area contributed by atoms with E-state index in [2.05, 4.69) is 4.98 Å². The fourth-order valence-electron chi connectivity index (χ4n) is 1.28. The molecule has 98 valence electrons. The van der Waals surface area contributed by atoms with Crippen LogP contribution in [0.2, 0.25) is 10.2 Å². The molecule has 1 heterocycles. The van der Waals surface area contributed by atoms with Gasteiger partial charge in [0.25, 0.3) is 0 Å². The number of aromatic nitrogens is 1. The van der Waals surface area contributed by atoms with E-state index in [9.17, 15) is 14.5 Å². The molecular formula is C11H5Cl2FN2O3. The average molecular weight is 303 g/mol. The van der Waals surface area contributed by atoms with E-state index in [1.54, 1.807) is 0 Å². The first-order chi connectivity index (χ1) is 8.97. The van der Waals surface area contributed by atoms with Crippen LogP contribution in [-0.2, 0) is 0 Å². The molecule has 0 radical (unpaired) electrons. The molecule has 0 spiro atoms. The van der Waals surface area contributed by atoms with Gasteiger partial charge in [0.1, 0.15) is 16.7 Å². The van der Waals surface area contributed by atoms with Gasteiger partial charge in [0.2, 0.25) is 0 Å². The summed E-state index contributed by atoms with van der Waals surface area (Å²) in [6.07, 6.45) is 0. The first-order valence-electron chi connectivity index (χ1n) is 4.91. The standard InChI is InChI=1S/C11H5Cl2FN2O3/c12-7-5-6(1-2-8(7)14)19-11-9(16(17)18)3-4-10(13)15-11/h1-5H. The number of nitro groups is 1. The summed E-state index contributed by atoms with van der Waals surface area (Å²) >= 11 is 11.2. The normalized spacial score (nSPS) is 10.3. The molecule has 8 heteroatoms. The zero-order valence-corrected chi connectivity index (χ0v) is 10.7. The van der Waals surface area contributed by atoms with Crippen LogP contribution in [-0.4, -0.2) is 9.91 Å². The Balaban J connectivity index is 2.39. The molecule has 0 bridgehead atoms. The Hall–Kier alpha value is -1.92. The van der Waals surface area contributed by atoms with Crippen LogP contribution in [0.1, 0.15) is 0 Å². The monoisotopic (exact) mass is 302 g/mol. The number of hydrogen-bond acceptors (Lipinski definition) is 4. The van der Waals surface area contributed by atoms with E-state index in [0.29, 0.717) is 0 Å². The highest BCUT2D eigenvalue weighted by Crippen LogP contribution is 2.32. The fourth-order valence-corrected chi connectivity index (χ4v) is 1.59. The summed E-state index contributed by atoms with van der Waals surface area (Å²) in [5.74, 6) is -0.799. The van der Waals surface area contributed by atoms with Crippen molar-refractivity contribution >= 4 is 28.9 Å². The Bertz CT molecular complexity index is 652. The summed E-state index contributed by atoms with van der Waals surface area (Å²) in [6.45, 7) is 0. The Labute approximate surface area is 116 Å². The van der Waals surface area contributed by atoms with Gasteiger partial charge in [0, 0.05) is 12.1 Å². The second-order valence-electron chi connectivity index (χ2n) is 3.39. The van der Waals surface area contributed by atoms with Gasteiger partial charge < -0.3 is 4.74 Å².